The first kappa shape index (κ1) is 16.8. The van der Waals surface area contributed by atoms with Crippen molar-refractivity contribution in [1.29, 1.82) is 0 Å². The summed E-state index contributed by atoms with van der Waals surface area (Å²) in [6.45, 7) is 7.44. The Morgan fingerprint density at radius 1 is 1.04 bits per heavy atom. The van der Waals surface area contributed by atoms with Crippen LogP contribution >= 0.6 is 0 Å². The molecule has 0 bridgehead atoms. The van der Waals surface area contributed by atoms with Crippen molar-refractivity contribution in [1.82, 2.24) is 4.98 Å². The van der Waals surface area contributed by atoms with Crippen LogP contribution in [0.3, 0.4) is 0 Å². The largest absolute Gasteiger partial charge is 0.354 e. The van der Waals surface area contributed by atoms with E-state index in [2.05, 4.69) is 68.2 Å². The molecule has 0 saturated carbocycles. The number of para-hydroxylation sites is 1. The Labute approximate surface area is 145 Å². The van der Waals surface area contributed by atoms with Crippen LogP contribution in [0.15, 0.2) is 42.5 Å². The van der Waals surface area contributed by atoms with Gasteiger partial charge in [0.05, 0.1) is 0 Å². The normalized spacial score (nSPS) is 11.5. The molecule has 0 amide bonds. The SMILES string of the molecule is Cc1cccc(-c2[nH]c3c(C(C)C)cccc3c2CCCCN)c1. The number of unbranched alkanes of at least 4 members (excludes halogenated alkanes) is 1. The minimum absolute atomic E-state index is 0.509. The molecule has 0 atom stereocenters. The minimum atomic E-state index is 0.509. The summed E-state index contributed by atoms with van der Waals surface area (Å²) in [5.41, 5.74) is 13.7. The lowest BCUT2D eigenvalue weighted by atomic mass is 9.96. The molecule has 0 radical (unpaired) electrons. The summed E-state index contributed by atoms with van der Waals surface area (Å²) in [4.78, 5) is 3.75. The summed E-state index contributed by atoms with van der Waals surface area (Å²) >= 11 is 0. The molecule has 0 aliphatic heterocycles. The lowest BCUT2D eigenvalue weighted by molar-refractivity contribution is 0.748. The van der Waals surface area contributed by atoms with Crippen LogP contribution in [0.4, 0.5) is 0 Å². The molecular formula is C22H28N2. The Kier molecular flexibility index (Phi) is 5.06. The van der Waals surface area contributed by atoms with Gasteiger partial charge in [0.15, 0.2) is 0 Å². The Hall–Kier alpha value is -2.06. The van der Waals surface area contributed by atoms with Crippen LogP contribution in [0, 0.1) is 6.92 Å². The van der Waals surface area contributed by atoms with Crippen molar-refractivity contribution in [3.05, 3.63) is 59.2 Å². The van der Waals surface area contributed by atoms with E-state index < -0.39 is 0 Å². The first-order valence-electron chi connectivity index (χ1n) is 9.02. The van der Waals surface area contributed by atoms with Crippen molar-refractivity contribution in [3.63, 3.8) is 0 Å². The van der Waals surface area contributed by atoms with Gasteiger partial charge in [-0.05, 0) is 61.4 Å². The number of benzene rings is 2. The monoisotopic (exact) mass is 320 g/mol. The number of hydrogen-bond acceptors (Lipinski definition) is 1. The third-order valence-electron chi connectivity index (χ3n) is 4.78. The molecule has 126 valence electrons. The zero-order chi connectivity index (χ0) is 17.1. The van der Waals surface area contributed by atoms with Crippen molar-refractivity contribution < 1.29 is 0 Å². The molecule has 0 aliphatic rings. The molecule has 0 fully saturated rings. The van der Waals surface area contributed by atoms with E-state index in [0.717, 1.165) is 25.8 Å². The Balaban J connectivity index is 2.18. The Morgan fingerprint density at radius 3 is 2.54 bits per heavy atom. The van der Waals surface area contributed by atoms with E-state index in [1.807, 2.05) is 0 Å². The van der Waals surface area contributed by atoms with Gasteiger partial charge in [-0.3, -0.25) is 0 Å². The molecule has 2 nitrogen and oxygen atoms in total. The molecule has 0 unspecified atom stereocenters. The molecule has 1 aromatic heterocycles. The number of aromatic nitrogens is 1. The van der Waals surface area contributed by atoms with Crippen LogP contribution in [-0.2, 0) is 6.42 Å². The number of fused-ring (bicyclic) bond motifs is 1. The fraction of sp³-hybridized carbons (Fsp3) is 0.364. The fourth-order valence-electron chi connectivity index (χ4n) is 3.53. The van der Waals surface area contributed by atoms with E-state index in [4.69, 9.17) is 5.73 Å². The van der Waals surface area contributed by atoms with Crippen molar-refractivity contribution in [3.8, 4) is 11.3 Å². The second-order valence-electron chi connectivity index (χ2n) is 7.02. The van der Waals surface area contributed by atoms with Crippen molar-refractivity contribution in [2.75, 3.05) is 6.54 Å². The van der Waals surface area contributed by atoms with Crippen LogP contribution in [0.5, 0.6) is 0 Å². The van der Waals surface area contributed by atoms with E-state index in [1.54, 1.807) is 0 Å². The maximum Gasteiger partial charge on any atom is 0.0497 e. The van der Waals surface area contributed by atoms with Gasteiger partial charge in [0.2, 0.25) is 0 Å². The van der Waals surface area contributed by atoms with Crippen molar-refractivity contribution in [2.45, 2.75) is 46.0 Å². The zero-order valence-electron chi connectivity index (χ0n) is 15.0. The molecule has 0 aliphatic carbocycles. The van der Waals surface area contributed by atoms with Gasteiger partial charge in [0, 0.05) is 16.6 Å². The second kappa shape index (κ2) is 7.23. The van der Waals surface area contributed by atoms with E-state index in [1.165, 1.54) is 38.9 Å². The Bertz CT molecular complexity index is 827. The number of aryl methyl sites for hydroxylation is 2. The average molecular weight is 320 g/mol. The molecule has 3 aromatic rings. The topological polar surface area (TPSA) is 41.8 Å². The summed E-state index contributed by atoms with van der Waals surface area (Å²) in [6.07, 6.45) is 3.28. The van der Waals surface area contributed by atoms with Crippen LogP contribution in [-0.4, -0.2) is 11.5 Å². The van der Waals surface area contributed by atoms with Gasteiger partial charge in [0.1, 0.15) is 0 Å². The van der Waals surface area contributed by atoms with Gasteiger partial charge in [-0.25, -0.2) is 0 Å². The van der Waals surface area contributed by atoms with E-state index in [-0.39, 0.29) is 0 Å². The van der Waals surface area contributed by atoms with Crippen molar-refractivity contribution >= 4 is 10.9 Å². The molecule has 0 saturated heterocycles. The third kappa shape index (κ3) is 3.25. The summed E-state index contributed by atoms with van der Waals surface area (Å²) in [7, 11) is 0. The molecule has 1 heterocycles. The predicted octanol–water partition coefficient (Wildman–Crippen LogP) is 5.55. The maximum absolute atomic E-state index is 5.71. The standard InChI is InChI=1S/C22H28N2/c1-15(2)18-11-7-12-20-19(10-4-5-13-23)21(24-22(18)20)17-9-6-8-16(3)14-17/h6-9,11-12,14-15,24H,4-5,10,13,23H2,1-3H3. The number of H-pyrrole nitrogens is 1. The van der Waals surface area contributed by atoms with Gasteiger partial charge < -0.3 is 10.7 Å². The van der Waals surface area contributed by atoms with Crippen LogP contribution in [0.1, 0.15) is 49.3 Å². The Morgan fingerprint density at radius 2 is 1.83 bits per heavy atom. The summed E-state index contributed by atoms with van der Waals surface area (Å²) in [6, 6.07) is 15.5. The summed E-state index contributed by atoms with van der Waals surface area (Å²) in [5.74, 6) is 0.509. The molecule has 3 N–H and O–H groups in total. The number of hydrogen-bond donors (Lipinski definition) is 2. The lowest BCUT2D eigenvalue weighted by Crippen LogP contribution is -1.99. The third-order valence-corrected chi connectivity index (χ3v) is 4.78. The molecule has 2 aromatic carbocycles. The number of nitrogens with two attached hydrogens (primary N) is 1. The highest BCUT2D eigenvalue weighted by Gasteiger charge is 2.16. The quantitative estimate of drug-likeness (QED) is 0.575. The van der Waals surface area contributed by atoms with Crippen molar-refractivity contribution in [2.24, 2.45) is 5.73 Å². The molecule has 3 rings (SSSR count). The highest BCUT2D eigenvalue weighted by atomic mass is 14.7. The van der Waals surface area contributed by atoms with Crippen LogP contribution < -0.4 is 5.73 Å². The highest BCUT2D eigenvalue weighted by molar-refractivity contribution is 5.93. The maximum atomic E-state index is 5.71. The van der Waals surface area contributed by atoms with E-state index in [0.29, 0.717) is 5.92 Å². The highest BCUT2D eigenvalue weighted by Crippen LogP contribution is 2.35. The fourth-order valence-corrected chi connectivity index (χ4v) is 3.53. The molecule has 0 spiro atoms. The molecular weight excluding hydrogens is 292 g/mol. The lowest BCUT2D eigenvalue weighted by Gasteiger charge is -2.07. The minimum Gasteiger partial charge on any atom is -0.354 e. The summed E-state index contributed by atoms with van der Waals surface area (Å²) < 4.78 is 0. The van der Waals surface area contributed by atoms with E-state index >= 15 is 0 Å². The van der Waals surface area contributed by atoms with E-state index in [9.17, 15) is 0 Å². The molecule has 24 heavy (non-hydrogen) atoms. The number of aromatic amines is 1. The van der Waals surface area contributed by atoms with Crippen LogP contribution in [0.2, 0.25) is 0 Å². The first-order chi connectivity index (χ1) is 11.6. The smallest absolute Gasteiger partial charge is 0.0497 e. The first-order valence-corrected chi connectivity index (χ1v) is 9.02. The average Bonchev–Trinajstić information content (AvgIpc) is 2.94. The molecule has 2 heteroatoms. The van der Waals surface area contributed by atoms with Gasteiger partial charge >= 0.3 is 0 Å². The summed E-state index contributed by atoms with van der Waals surface area (Å²) in [5, 5.41) is 1.37. The second-order valence-corrected chi connectivity index (χ2v) is 7.02. The number of rotatable bonds is 6. The zero-order valence-corrected chi connectivity index (χ0v) is 15.0. The van der Waals surface area contributed by atoms with Gasteiger partial charge in [-0.1, -0.05) is 55.8 Å². The van der Waals surface area contributed by atoms with Crippen LogP contribution in [0.25, 0.3) is 22.2 Å². The van der Waals surface area contributed by atoms with Gasteiger partial charge in [-0.15, -0.1) is 0 Å². The predicted molar refractivity (Wildman–Crippen MR) is 105 cm³/mol. The number of nitrogens with one attached hydrogen (secondary N) is 1. The van der Waals surface area contributed by atoms with Gasteiger partial charge in [-0.2, -0.15) is 0 Å². The van der Waals surface area contributed by atoms with Gasteiger partial charge in [0.25, 0.3) is 0 Å².